The highest BCUT2D eigenvalue weighted by atomic mass is 35.5. The SMILES string of the molecule is COc1cc(OC)cc(C(=O)/C=c2/s/c(=C\c3ccc(Cl)cc3)c(=O)n2CC(=O)N2CCC(C)CC2)c1. The lowest BCUT2D eigenvalue weighted by Gasteiger charge is -2.30. The first-order valence-corrected chi connectivity index (χ1v) is 13.2. The van der Waals surface area contributed by atoms with Gasteiger partial charge in [-0.1, -0.05) is 30.7 Å². The summed E-state index contributed by atoms with van der Waals surface area (Å²) in [5, 5.41) is 0.593. The van der Waals surface area contributed by atoms with E-state index in [0.717, 1.165) is 18.4 Å². The summed E-state index contributed by atoms with van der Waals surface area (Å²) in [4.78, 5) is 41.6. The third-order valence-corrected chi connectivity index (χ3v) is 7.74. The van der Waals surface area contributed by atoms with Crippen molar-refractivity contribution in [2.45, 2.75) is 26.3 Å². The molecule has 1 aliphatic heterocycles. The van der Waals surface area contributed by atoms with E-state index >= 15 is 0 Å². The Balaban J connectivity index is 1.77. The van der Waals surface area contributed by atoms with Crippen molar-refractivity contribution in [2.75, 3.05) is 27.3 Å². The van der Waals surface area contributed by atoms with E-state index in [4.69, 9.17) is 21.1 Å². The average Bonchev–Trinajstić information content (AvgIpc) is 3.18. The molecule has 2 aromatic carbocycles. The second-order valence-electron chi connectivity index (χ2n) is 9.06. The van der Waals surface area contributed by atoms with Gasteiger partial charge < -0.3 is 14.4 Å². The Labute approximate surface area is 224 Å². The van der Waals surface area contributed by atoms with Crippen LogP contribution in [0.1, 0.15) is 35.7 Å². The monoisotopic (exact) mass is 540 g/mol. The number of ether oxygens (including phenoxy) is 2. The molecule has 9 heteroatoms. The van der Waals surface area contributed by atoms with Crippen molar-refractivity contribution in [2.24, 2.45) is 5.92 Å². The number of thiazole rings is 1. The van der Waals surface area contributed by atoms with Gasteiger partial charge in [0.2, 0.25) is 5.91 Å². The first-order chi connectivity index (χ1) is 17.8. The minimum absolute atomic E-state index is 0.126. The Hall–Kier alpha value is -3.36. The van der Waals surface area contributed by atoms with Crippen LogP contribution in [0.25, 0.3) is 12.2 Å². The zero-order valence-electron chi connectivity index (χ0n) is 21.0. The number of ketones is 1. The first kappa shape index (κ1) is 26.7. The molecule has 2 heterocycles. The molecule has 3 aromatic rings. The fourth-order valence-corrected chi connectivity index (χ4v) is 5.31. The fraction of sp³-hybridized carbons (Fsp3) is 0.321. The van der Waals surface area contributed by atoms with Crippen LogP contribution in [0.15, 0.2) is 47.3 Å². The molecule has 4 rings (SSSR count). The summed E-state index contributed by atoms with van der Waals surface area (Å²) in [6.45, 7) is 3.39. The number of piperidine rings is 1. The Morgan fingerprint density at radius 2 is 1.68 bits per heavy atom. The molecule has 1 amide bonds. The van der Waals surface area contributed by atoms with Crippen LogP contribution >= 0.6 is 22.9 Å². The molecule has 7 nitrogen and oxygen atoms in total. The van der Waals surface area contributed by atoms with E-state index in [-0.39, 0.29) is 23.8 Å². The highest BCUT2D eigenvalue weighted by molar-refractivity contribution is 7.07. The molecular weight excluding hydrogens is 512 g/mol. The fourth-order valence-electron chi connectivity index (χ4n) is 4.14. The Morgan fingerprint density at radius 1 is 1.05 bits per heavy atom. The smallest absolute Gasteiger partial charge is 0.269 e. The summed E-state index contributed by atoms with van der Waals surface area (Å²) in [7, 11) is 3.02. The van der Waals surface area contributed by atoms with Gasteiger partial charge in [0.15, 0.2) is 5.78 Å². The maximum Gasteiger partial charge on any atom is 0.269 e. The van der Waals surface area contributed by atoms with Crippen molar-refractivity contribution in [3.8, 4) is 11.5 Å². The molecule has 0 atom stereocenters. The predicted molar refractivity (Wildman–Crippen MR) is 146 cm³/mol. The minimum atomic E-state index is -0.329. The lowest BCUT2D eigenvalue weighted by Crippen LogP contribution is -2.43. The zero-order valence-corrected chi connectivity index (χ0v) is 22.6. The molecule has 37 heavy (non-hydrogen) atoms. The Kier molecular flexibility index (Phi) is 8.51. The summed E-state index contributed by atoms with van der Waals surface area (Å²) in [6, 6.07) is 12.0. The molecule has 0 saturated carbocycles. The van der Waals surface area contributed by atoms with E-state index in [1.165, 1.54) is 36.2 Å². The van der Waals surface area contributed by atoms with Gasteiger partial charge >= 0.3 is 0 Å². The maximum absolute atomic E-state index is 13.4. The van der Waals surface area contributed by atoms with E-state index in [9.17, 15) is 14.4 Å². The van der Waals surface area contributed by atoms with Crippen LogP contribution in [-0.2, 0) is 11.3 Å². The van der Waals surface area contributed by atoms with Crippen LogP contribution in [0.5, 0.6) is 11.5 Å². The predicted octanol–water partition coefficient (Wildman–Crippen LogP) is 3.33. The minimum Gasteiger partial charge on any atom is -0.497 e. The van der Waals surface area contributed by atoms with E-state index < -0.39 is 0 Å². The number of carbonyl (C=O) groups excluding carboxylic acids is 2. The van der Waals surface area contributed by atoms with Crippen molar-refractivity contribution in [3.05, 3.63) is 78.2 Å². The van der Waals surface area contributed by atoms with Crippen LogP contribution in [0.3, 0.4) is 0 Å². The van der Waals surface area contributed by atoms with Crippen LogP contribution in [0.4, 0.5) is 0 Å². The second kappa shape index (κ2) is 11.8. The van der Waals surface area contributed by atoms with Crippen molar-refractivity contribution >= 4 is 46.8 Å². The van der Waals surface area contributed by atoms with Gasteiger partial charge in [0.25, 0.3) is 5.56 Å². The van der Waals surface area contributed by atoms with Gasteiger partial charge in [-0.2, -0.15) is 0 Å². The molecule has 194 valence electrons. The topological polar surface area (TPSA) is 77.8 Å². The van der Waals surface area contributed by atoms with Gasteiger partial charge in [-0.05, 0) is 54.7 Å². The number of halogens is 1. The molecule has 0 unspecified atom stereocenters. The lowest BCUT2D eigenvalue weighted by atomic mass is 9.99. The van der Waals surface area contributed by atoms with Crippen molar-refractivity contribution in [3.63, 3.8) is 0 Å². The number of rotatable bonds is 7. The van der Waals surface area contributed by atoms with E-state index in [1.807, 2.05) is 12.1 Å². The number of methoxy groups -OCH3 is 2. The van der Waals surface area contributed by atoms with Crippen LogP contribution in [0, 0.1) is 5.92 Å². The van der Waals surface area contributed by atoms with Crippen molar-refractivity contribution < 1.29 is 19.1 Å². The quantitative estimate of drug-likeness (QED) is 0.430. The molecule has 0 spiro atoms. The molecule has 1 aliphatic rings. The first-order valence-electron chi connectivity index (χ1n) is 12.0. The van der Waals surface area contributed by atoms with Crippen LogP contribution < -0.4 is 24.2 Å². The van der Waals surface area contributed by atoms with Gasteiger partial charge in [-0.15, -0.1) is 11.3 Å². The molecule has 1 saturated heterocycles. The molecule has 0 radical (unpaired) electrons. The summed E-state index contributed by atoms with van der Waals surface area (Å²) in [5.74, 6) is 1.08. The van der Waals surface area contributed by atoms with E-state index in [1.54, 1.807) is 41.3 Å². The van der Waals surface area contributed by atoms with Crippen molar-refractivity contribution in [1.29, 1.82) is 0 Å². The average molecular weight is 541 g/mol. The Bertz CT molecular complexity index is 1450. The summed E-state index contributed by atoms with van der Waals surface area (Å²) in [5.41, 5.74) is 0.825. The molecule has 0 bridgehead atoms. The summed E-state index contributed by atoms with van der Waals surface area (Å²) >= 11 is 7.16. The van der Waals surface area contributed by atoms with E-state index in [0.29, 0.717) is 50.3 Å². The molecule has 1 fully saturated rings. The molecule has 1 aromatic heterocycles. The number of nitrogens with zero attached hydrogens (tertiary/aromatic N) is 2. The highest BCUT2D eigenvalue weighted by Crippen LogP contribution is 2.23. The van der Waals surface area contributed by atoms with Gasteiger partial charge in [0.05, 0.1) is 18.8 Å². The standard InChI is InChI=1S/C28H29ClN2O5S/c1-18-8-10-30(11-9-18)26(33)17-31-27(16-24(32)20-13-22(35-2)15-23(14-20)36-3)37-25(28(31)34)12-19-4-6-21(29)7-5-19/h4-7,12-16,18H,8-11,17H2,1-3H3/b25-12-,27-16+. The number of Topliss-reactive ketones (excluding diaryl/α,β-unsaturated/α-hetero) is 1. The van der Waals surface area contributed by atoms with Crippen LogP contribution in [-0.4, -0.2) is 48.5 Å². The van der Waals surface area contributed by atoms with Gasteiger partial charge in [0.1, 0.15) is 22.7 Å². The van der Waals surface area contributed by atoms with E-state index in [2.05, 4.69) is 6.92 Å². The van der Waals surface area contributed by atoms with Gasteiger partial charge in [-0.25, -0.2) is 0 Å². The summed E-state index contributed by atoms with van der Waals surface area (Å²) < 4.78 is 12.8. The van der Waals surface area contributed by atoms with Crippen molar-refractivity contribution in [1.82, 2.24) is 9.47 Å². The molecular formula is C28H29ClN2O5S. The number of amides is 1. The largest absolute Gasteiger partial charge is 0.497 e. The third kappa shape index (κ3) is 6.50. The lowest BCUT2D eigenvalue weighted by molar-refractivity contribution is -0.133. The van der Waals surface area contributed by atoms with Crippen LogP contribution in [0.2, 0.25) is 5.02 Å². The zero-order chi connectivity index (χ0) is 26.5. The number of aromatic nitrogens is 1. The molecule has 0 N–H and O–H groups in total. The third-order valence-electron chi connectivity index (χ3n) is 6.42. The second-order valence-corrected chi connectivity index (χ2v) is 10.6. The number of hydrogen-bond donors (Lipinski definition) is 0. The maximum atomic E-state index is 13.4. The number of hydrogen-bond acceptors (Lipinski definition) is 6. The normalized spacial score (nSPS) is 15.2. The summed E-state index contributed by atoms with van der Waals surface area (Å²) in [6.07, 6.45) is 5.01. The number of carbonyl (C=O) groups is 2. The molecule has 0 aliphatic carbocycles. The number of benzene rings is 2. The van der Waals surface area contributed by atoms with Gasteiger partial charge in [-0.3, -0.25) is 19.0 Å². The number of likely N-dealkylation sites (tertiary alicyclic amines) is 1. The van der Waals surface area contributed by atoms with Gasteiger partial charge in [0, 0.05) is 35.8 Å². The Morgan fingerprint density at radius 3 is 2.27 bits per heavy atom. The highest BCUT2D eigenvalue weighted by Gasteiger charge is 2.22.